The molecule has 46 heavy (non-hydrogen) atoms. The number of piperidine rings is 1. The molecule has 0 unspecified atom stereocenters. The van der Waals surface area contributed by atoms with Crippen molar-refractivity contribution in [3.63, 3.8) is 0 Å². The number of anilines is 4. The van der Waals surface area contributed by atoms with Gasteiger partial charge in [-0.2, -0.15) is 18.3 Å². The number of nitrogens with zero attached hydrogens (tertiary/aromatic N) is 3. The molecule has 1 fully saturated rings. The smallest absolute Gasteiger partial charge is 0.418 e. The first-order chi connectivity index (χ1) is 21.8. The van der Waals surface area contributed by atoms with Gasteiger partial charge in [-0.3, -0.25) is 9.89 Å². The number of alkyl halides is 3. The number of H-pyrrole nitrogens is 2. The maximum Gasteiger partial charge on any atom is 0.418 e. The molecular weight excluding hydrogens is 601 g/mol. The van der Waals surface area contributed by atoms with Crippen LogP contribution in [0.25, 0.3) is 21.9 Å². The summed E-state index contributed by atoms with van der Waals surface area (Å²) in [5.41, 5.74) is 1.61. The largest absolute Gasteiger partial charge is 0.444 e. The van der Waals surface area contributed by atoms with E-state index in [0.29, 0.717) is 53.9 Å². The summed E-state index contributed by atoms with van der Waals surface area (Å²) in [6.07, 6.45) is -2.13. The molecule has 0 atom stereocenters. The first kappa shape index (κ1) is 30.7. The SMILES string of the molecule is CC(C)(C)OC(=O)NC1CCN(c2cc3[nH]c(Nc4ccccc4C(F)(F)F)nc3cc2C(=O)Nc2ccc3cn[nH]c3c2)CC1. The van der Waals surface area contributed by atoms with Crippen LogP contribution in [0.1, 0.15) is 49.5 Å². The Balaban J connectivity index is 1.29. The number of fused-ring (bicyclic) bond motifs is 2. The number of aromatic nitrogens is 4. The van der Waals surface area contributed by atoms with Crippen LogP contribution in [0.5, 0.6) is 0 Å². The highest BCUT2D eigenvalue weighted by atomic mass is 19.4. The van der Waals surface area contributed by atoms with E-state index in [0.717, 1.165) is 17.0 Å². The number of nitrogens with one attached hydrogen (secondary N) is 5. The lowest BCUT2D eigenvalue weighted by molar-refractivity contribution is -0.136. The molecule has 1 saturated heterocycles. The minimum Gasteiger partial charge on any atom is -0.444 e. The Kier molecular flexibility index (Phi) is 7.96. The summed E-state index contributed by atoms with van der Waals surface area (Å²) in [5.74, 6) is -0.287. The summed E-state index contributed by atoms with van der Waals surface area (Å²) < 4.78 is 46.2. The number of amides is 2. The summed E-state index contributed by atoms with van der Waals surface area (Å²) in [6, 6.07) is 13.8. The molecule has 3 aromatic carbocycles. The zero-order chi connectivity index (χ0) is 32.6. The predicted octanol–water partition coefficient (Wildman–Crippen LogP) is 6.95. The average molecular weight is 635 g/mol. The van der Waals surface area contributed by atoms with Crippen LogP contribution >= 0.6 is 0 Å². The second-order valence-corrected chi connectivity index (χ2v) is 12.2. The van der Waals surface area contributed by atoms with Gasteiger partial charge in [0.15, 0.2) is 0 Å². The van der Waals surface area contributed by atoms with Crippen molar-refractivity contribution in [3.05, 3.63) is 71.9 Å². The van der Waals surface area contributed by atoms with E-state index in [4.69, 9.17) is 4.74 Å². The molecule has 2 aromatic heterocycles. The summed E-state index contributed by atoms with van der Waals surface area (Å²) >= 11 is 0. The van der Waals surface area contributed by atoms with Crippen molar-refractivity contribution in [1.29, 1.82) is 0 Å². The maximum atomic E-state index is 13.8. The third-order valence-corrected chi connectivity index (χ3v) is 7.59. The van der Waals surface area contributed by atoms with E-state index in [1.807, 2.05) is 11.0 Å². The molecule has 0 saturated carbocycles. The number of alkyl carbamates (subject to hydrolysis) is 1. The van der Waals surface area contributed by atoms with Crippen molar-refractivity contribution < 1.29 is 27.5 Å². The molecule has 14 heteroatoms. The first-order valence-electron chi connectivity index (χ1n) is 14.8. The summed E-state index contributed by atoms with van der Waals surface area (Å²) in [4.78, 5) is 35.7. The number of rotatable bonds is 6. The lowest BCUT2D eigenvalue weighted by Crippen LogP contribution is -2.46. The molecule has 5 N–H and O–H groups in total. The van der Waals surface area contributed by atoms with Crippen molar-refractivity contribution in [2.45, 2.75) is 51.4 Å². The second-order valence-electron chi connectivity index (χ2n) is 12.2. The highest BCUT2D eigenvalue weighted by Gasteiger charge is 2.33. The molecule has 3 heterocycles. The van der Waals surface area contributed by atoms with E-state index < -0.39 is 23.4 Å². The maximum absolute atomic E-state index is 13.8. The van der Waals surface area contributed by atoms with Gasteiger partial charge < -0.3 is 30.6 Å². The Morgan fingerprint density at radius 3 is 2.50 bits per heavy atom. The highest BCUT2D eigenvalue weighted by molar-refractivity contribution is 6.11. The van der Waals surface area contributed by atoms with Gasteiger partial charge in [0.05, 0.1) is 45.2 Å². The fraction of sp³-hybridized carbons (Fsp3) is 0.312. The Labute approximate surface area is 261 Å². The van der Waals surface area contributed by atoms with Crippen molar-refractivity contribution >= 4 is 56.9 Å². The van der Waals surface area contributed by atoms with E-state index >= 15 is 0 Å². The molecule has 2 amide bonds. The van der Waals surface area contributed by atoms with Crippen LogP contribution in [0, 0.1) is 0 Å². The molecule has 1 aliphatic rings. The van der Waals surface area contributed by atoms with E-state index in [9.17, 15) is 22.8 Å². The lowest BCUT2D eigenvalue weighted by Gasteiger charge is -2.35. The molecule has 6 rings (SSSR count). The molecule has 240 valence electrons. The van der Waals surface area contributed by atoms with Gasteiger partial charge in [-0.25, -0.2) is 9.78 Å². The molecule has 5 aromatic rings. The van der Waals surface area contributed by atoms with Gasteiger partial charge in [0.2, 0.25) is 5.95 Å². The fourth-order valence-electron chi connectivity index (χ4n) is 5.47. The van der Waals surface area contributed by atoms with Crippen LogP contribution in [-0.2, 0) is 10.9 Å². The first-order valence-corrected chi connectivity index (χ1v) is 14.8. The van der Waals surface area contributed by atoms with Gasteiger partial charge in [-0.15, -0.1) is 0 Å². The number of hydrogen-bond acceptors (Lipinski definition) is 7. The number of hydrogen-bond donors (Lipinski definition) is 5. The van der Waals surface area contributed by atoms with Crippen molar-refractivity contribution in [1.82, 2.24) is 25.5 Å². The van der Waals surface area contributed by atoms with Crippen LogP contribution in [0.3, 0.4) is 0 Å². The van der Waals surface area contributed by atoms with Crippen molar-refractivity contribution in [3.8, 4) is 0 Å². The number of carbonyl (C=O) groups excluding carboxylic acids is 2. The molecule has 1 aliphatic heterocycles. The van der Waals surface area contributed by atoms with Gasteiger partial charge in [0.25, 0.3) is 5.91 Å². The Morgan fingerprint density at radius 1 is 1.00 bits per heavy atom. The third-order valence-electron chi connectivity index (χ3n) is 7.59. The van der Waals surface area contributed by atoms with Crippen LogP contribution in [0.4, 0.5) is 41.0 Å². The highest BCUT2D eigenvalue weighted by Crippen LogP contribution is 2.36. The summed E-state index contributed by atoms with van der Waals surface area (Å²) in [6.45, 7) is 6.47. The number of benzene rings is 3. The number of halogens is 3. The van der Waals surface area contributed by atoms with Gasteiger partial charge >= 0.3 is 12.3 Å². The fourth-order valence-corrected chi connectivity index (χ4v) is 5.47. The van der Waals surface area contributed by atoms with Gasteiger partial charge in [-0.05, 0) is 76.1 Å². The van der Waals surface area contributed by atoms with E-state index in [-0.39, 0.29) is 23.6 Å². The van der Waals surface area contributed by atoms with Crippen LogP contribution in [0.15, 0.2) is 60.8 Å². The van der Waals surface area contributed by atoms with Crippen LogP contribution < -0.4 is 20.9 Å². The van der Waals surface area contributed by atoms with Gasteiger partial charge in [0.1, 0.15) is 5.60 Å². The normalized spacial score (nSPS) is 14.4. The predicted molar refractivity (Wildman–Crippen MR) is 169 cm³/mol. The molecule has 0 radical (unpaired) electrons. The number of ether oxygens (including phenoxy) is 1. The van der Waals surface area contributed by atoms with Gasteiger partial charge in [0, 0.05) is 30.2 Å². The van der Waals surface area contributed by atoms with Crippen molar-refractivity contribution in [2.75, 3.05) is 28.6 Å². The molecule has 0 aliphatic carbocycles. The summed E-state index contributed by atoms with van der Waals surface area (Å²) in [5, 5.41) is 16.4. The lowest BCUT2D eigenvalue weighted by atomic mass is 10.0. The zero-order valence-electron chi connectivity index (χ0n) is 25.4. The Morgan fingerprint density at radius 2 is 1.76 bits per heavy atom. The van der Waals surface area contributed by atoms with E-state index in [2.05, 4.69) is 36.1 Å². The van der Waals surface area contributed by atoms with Crippen LogP contribution in [-0.4, -0.2) is 56.9 Å². The molecule has 11 nitrogen and oxygen atoms in total. The van der Waals surface area contributed by atoms with Crippen LogP contribution in [0.2, 0.25) is 0 Å². The van der Waals surface area contributed by atoms with E-state index in [1.54, 1.807) is 51.2 Å². The van der Waals surface area contributed by atoms with Crippen molar-refractivity contribution in [2.24, 2.45) is 0 Å². The average Bonchev–Trinajstić information content (AvgIpc) is 3.61. The number of aromatic amines is 2. The molecule has 0 spiro atoms. The zero-order valence-corrected chi connectivity index (χ0v) is 25.4. The Bertz CT molecular complexity index is 1900. The Hall–Kier alpha value is -5.27. The minimum atomic E-state index is -4.56. The standard InChI is InChI=1S/C32H33F3N8O3/c1-31(2,3)46-30(45)38-19-10-12-43(13-11-19)27-16-26-25(40-29(41-26)39-23-7-5-4-6-22(23)32(33,34)35)15-21(27)28(44)37-20-9-8-18-17-36-42-24(18)14-20/h4-9,14-17,19H,10-13H2,1-3H3,(H,36,42)(H,37,44)(H,38,45)(H2,39,40,41). The third kappa shape index (κ3) is 6.85. The number of para-hydroxylation sites is 1. The topological polar surface area (TPSA) is 140 Å². The molecule has 0 bridgehead atoms. The second kappa shape index (κ2) is 11.9. The molecular formula is C32H33F3N8O3. The summed E-state index contributed by atoms with van der Waals surface area (Å²) in [7, 11) is 0. The number of carbonyl (C=O) groups is 2. The monoisotopic (exact) mass is 634 g/mol. The number of imidazole rings is 1. The van der Waals surface area contributed by atoms with Gasteiger partial charge in [-0.1, -0.05) is 12.1 Å². The quantitative estimate of drug-likeness (QED) is 0.136. The minimum absolute atomic E-state index is 0.0974. The van der Waals surface area contributed by atoms with E-state index in [1.165, 1.54) is 18.2 Å².